The summed E-state index contributed by atoms with van der Waals surface area (Å²) in [4.78, 5) is 4.04. The normalized spacial score (nSPS) is 12.9. The van der Waals surface area contributed by atoms with Crippen LogP contribution in [0.5, 0.6) is 0 Å². The van der Waals surface area contributed by atoms with Crippen LogP contribution in [0.4, 0.5) is 13.2 Å². The van der Waals surface area contributed by atoms with E-state index in [-0.39, 0.29) is 24.6 Å². The van der Waals surface area contributed by atoms with Crippen molar-refractivity contribution in [1.82, 2.24) is 10.1 Å². The van der Waals surface area contributed by atoms with Crippen molar-refractivity contribution in [3.05, 3.63) is 47.1 Å². The van der Waals surface area contributed by atoms with Gasteiger partial charge in [-0.1, -0.05) is 23.4 Å². The molecule has 4 nitrogen and oxygen atoms in total. The van der Waals surface area contributed by atoms with E-state index in [9.17, 15) is 13.2 Å². The van der Waals surface area contributed by atoms with Gasteiger partial charge in [-0.2, -0.15) is 18.2 Å². The predicted molar refractivity (Wildman–Crippen MR) is 68.9 cm³/mol. The summed E-state index contributed by atoms with van der Waals surface area (Å²) in [6, 6.07) is 4.39. The Morgan fingerprint density at radius 1 is 1.38 bits per heavy atom. The lowest BCUT2D eigenvalue weighted by Gasteiger charge is -2.07. The molecule has 0 bridgehead atoms. The SMILES string of the molecule is C#CCC(N)c1nc(Cc2cccc(C(F)(F)F)c2)no1. The molecule has 0 saturated carbocycles. The Bertz CT molecular complexity index is 658. The molecule has 0 amide bonds. The molecule has 110 valence electrons. The Hall–Kier alpha value is -2.33. The van der Waals surface area contributed by atoms with E-state index in [0.717, 1.165) is 12.1 Å². The van der Waals surface area contributed by atoms with E-state index in [2.05, 4.69) is 16.1 Å². The molecule has 0 spiro atoms. The van der Waals surface area contributed by atoms with Gasteiger partial charge < -0.3 is 10.3 Å². The Morgan fingerprint density at radius 3 is 2.81 bits per heavy atom. The lowest BCUT2D eigenvalue weighted by atomic mass is 10.1. The fraction of sp³-hybridized carbons (Fsp3) is 0.286. The molecule has 21 heavy (non-hydrogen) atoms. The summed E-state index contributed by atoms with van der Waals surface area (Å²) < 4.78 is 42.8. The molecule has 2 rings (SSSR count). The number of aromatic nitrogens is 2. The maximum atomic E-state index is 12.6. The maximum absolute atomic E-state index is 12.6. The minimum Gasteiger partial charge on any atom is -0.338 e. The number of nitrogens with zero attached hydrogens (tertiary/aromatic N) is 2. The van der Waals surface area contributed by atoms with E-state index in [4.69, 9.17) is 16.7 Å². The molecule has 1 unspecified atom stereocenters. The van der Waals surface area contributed by atoms with E-state index >= 15 is 0 Å². The summed E-state index contributed by atoms with van der Waals surface area (Å²) in [7, 11) is 0. The van der Waals surface area contributed by atoms with E-state index < -0.39 is 17.8 Å². The first-order valence-corrected chi connectivity index (χ1v) is 6.08. The molecule has 0 fully saturated rings. The molecule has 0 saturated heterocycles. The Kier molecular flexibility index (Phi) is 4.29. The van der Waals surface area contributed by atoms with Gasteiger partial charge >= 0.3 is 6.18 Å². The molecule has 2 aromatic rings. The summed E-state index contributed by atoms with van der Waals surface area (Å²) in [5, 5.41) is 3.69. The number of terminal acetylenes is 1. The van der Waals surface area contributed by atoms with Gasteiger partial charge in [0.2, 0.25) is 5.89 Å². The number of alkyl halides is 3. The number of benzene rings is 1. The monoisotopic (exact) mass is 295 g/mol. The first-order chi connectivity index (χ1) is 9.90. The summed E-state index contributed by atoms with van der Waals surface area (Å²) in [5.74, 6) is 2.81. The van der Waals surface area contributed by atoms with Gasteiger partial charge in [0.15, 0.2) is 5.82 Å². The third kappa shape index (κ3) is 3.83. The second-order valence-corrected chi connectivity index (χ2v) is 4.44. The lowest BCUT2D eigenvalue weighted by molar-refractivity contribution is -0.137. The molecule has 0 radical (unpaired) electrons. The minimum absolute atomic E-state index is 0.121. The highest BCUT2D eigenvalue weighted by Crippen LogP contribution is 2.29. The lowest BCUT2D eigenvalue weighted by Crippen LogP contribution is -2.09. The van der Waals surface area contributed by atoms with Gasteiger partial charge in [-0.25, -0.2) is 0 Å². The van der Waals surface area contributed by atoms with Crippen LogP contribution in [0.3, 0.4) is 0 Å². The highest BCUT2D eigenvalue weighted by molar-refractivity contribution is 5.27. The van der Waals surface area contributed by atoms with Crippen molar-refractivity contribution < 1.29 is 17.7 Å². The van der Waals surface area contributed by atoms with Crippen LogP contribution in [0.2, 0.25) is 0 Å². The van der Waals surface area contributed by atoms with Crippen LogP contribution < -0.4 is 5.73 Å². The van der Waals surface area contributed by atoms with Gasteiger partial charge in [-0.3, -0.25) is 0 Å². The second-order valence-electron chi connectivity index (χ2n) is 4.44. The summed E-state index contributed by atoms with van der Waals surface area (Å²) in [5.41, 5.74) is 5.42. The highest BCUT2D eigenvalue weighted by Gasteiger charge is 2.30. The molecule has 1 atom stereocenters. The Morgan fingerprint density at radius 2 is 2.14 bits per heavy atom. The fourth-order valence-corrected chi connectivity index (χ4v) is 1.74. The van der Waals surface area contributed by atoms with Crippen LogP contribution in [0.25, 0.3) is 0 Å². The third-order valence-electron chi connectivity index (χ3n) is 2.76. The molecular formula is C14H12F3N3O. The van der Waals surface area contributed by atoms with Crippen molar-refractivity contribution >= 4 is 0 Å². The number of hydrogen-bond acceptors (Lipinski definition) is 4. The molecular weight excluding hydrogens is 283 g/mol. The van der Waals surface area contributed by atoms with Crippen molar-refractivity contribution in [2.45, 2.75) is 25.1 Å². The van der Waals surface area contributed by atoms with E-state index in [1.54, 1.807) is 6.07 Å². The van der Waals surface area contributed by atoms with Gasteiger partial charge in [-0.15, -0.1) is 12.3 Å². The number of halogens is 3. The fourth-order valence-electron chi connectivity index (χ4n) is 1.74. The van der Waals surface area contributed by atoms with Crippen LogP contribution in [0.1, 0.15) is 35.3 Å². The van der Waals surface area contributed by atoms with Crippen LogP contribution in [0.15, 0.2) is 28.8 Å². The minimum atomic E-state index is -4.38. The van der Waals surface area contributed by atoms with Crippen LogP contribution in [0, 0.1) is 12.3 Å². The van der Waals surface area contributed by atoms with Crippen LogP contribution >= 0.6 is 0 Å². The molecule has 1 aromatic heterocycles. The average molecular weight is 295 g/mol. The van der Waals surface area contributed by atoms with E-state index in [1.807, 2.05) is 0 Å². The zero-order valence-electron chi connectivity index (χ0n) is 10.9. The predicted octanol–water partition coefficient (Wildman–Crippen LogP) is 2.70. The molecule has 1 aromatic carbocycles. The van der Waals surface area contributed by atoms with Gasteiger partial charge in [-0.05, 0) is 11.6 Å². The molecule has 2 N–H and O–H groups in total. The number of hydrogen-bond donors (Lipinski definition) is 1. The molecule has 0 aliphatic rings. The van der Waals surface area contributed by atoms with E-state index in [0.29, 0.717) is 5.56 Å². The smallest absolute Gasteiger partial charge is 0.338 e. The Balaban J connectivity index is 2.14. The van der Waals surface area contributed by atoms with Crippen LogP contribution in [-0.2, 0) is 12.6 Å². The largest absolute Gasteiger partial charge is 0.416 e. The summed E-state index contributed by atoms with van der Waals surface area (Å²) in [6.07, 6.45) is 1.11. The van der Waals surface area contributed by atoms with Crippen molar-refractivity contribution in [2.24, 2.45) is 5.73 Å². The summed E-state index contributed by atoms with van der Waals surface area (Å²) in [6.45, 7) is 0. The first kappa shape index (κ1) is 15.1. The first-order valence-electron chi connectivity index (χ1n) is 6.08. The standard InChI is InChI=1S/C14H12F3N3O/c1-2-4-11(18)13-19-12(20-21-13)8-9-5-3-6-10(7-9)14(15,16)17/h1,3,5-7,11H,4,8,18H2. The molecule has 0 aliphatic carbocycles. The average Bonchev–Trinajstić information content (AvgIpc) is 2.87. The zero-order chi connectivity index (χ0) is 15.5. The van der Waals surface area contributed by atoms with Crippen molar-refractivity contribution in [2.75, 3.05) is 0 Å². The van der Waals surface area contributed by atoms with Gasteiger partial charge in [0.25, 0.3) is 0 Å². The second kappa shape index (κ2) is 5.97. The maximum Gasteiger partial charge on any atom is 0.416 e. The topological polar surface area (TPSA) is 64.9 Å². The molecule has 0 aliphatic heterocycles. The number of nitrogens with two attached hydrogens (primary N) is 1. The van der Waals surface area contributed by atoms with Crippen molar-refractivity contribution in [3.8, 4) is 12.3 Å². The van der Waals surface area contributed by atoms with E-state index in [1.165, 1.54) is 6.07 Å². The molecule has 1 heterocycles. The molecule has 7 heteroatoms. The van der Waals surface area contributed by atoms with Gasteiger partial charge in [0, 0.05) is 12.8 Å². The Labute approximate surface area is 119 Å². The quantitative estimate of drug-likeness (QED) is 0.881. The summed E-state index contributed by atoms with van der Waals surface area (Å²) >= 11 is 0. The van der Waals surface area contributed by atoms with Gasteiger partial charge in [0.05, 0.1) is 11.6 Å². The van der Waals surface area contributed by atoms with Crippen molar-refractivity contribution in [3.63, 3.8) is 0 Å². The van der Waals surface area contributed by atoms with Gasteiger partial charge in [0.1, 0.15) is 0 Å². The third-order valence-corrected chi connectivity index (χ3v) is 2.76. The highest BCUT2D eigenvalue weighted by atomic mass is 19.4. The zero-order valence-corrected chi connectivity index (χ0v) is 10.9. The van der Waals surface area contributed by atoms with Crippen LogP contribution in [-0.4, -0.2) is 10.1 Å². The van der Waals surface area contributed by atoms with Crippen molar-refractivity contribution in [1.29, 1.82) is 0 Å². The number of rotatable bonds is 4.